The average molecular weight is 489 g/mol. The molecule has 0 atom stereocenters. The van der Waals surface area contributed by atoms with Crippen LogP contribution in [-0.2, 0) is 0 Å². The van der Waals surface area contributed by atoms with Crippen molar-refractivity contribution in [1.29, 1.82) is 5.26 Å². The van der Waals surface area contributed by atoms with Crippen LogP contribution in [0, 0.1) is 17.2 Å². The minimum atomic E-state index is -0.297. The molecule has 10 nitrogen and oxygen atoms in total. The van der Waals surface area contributed by atoms with Gasteiger partial charge in [0.25, 0.3) is 5.91 Å². The van der Waals surface area contributed by atoms with E-state index in [0.29, 0.717) is 40.2 Å². The lowest BCUT2D eigenvalue weighted by atomic mass is 9.98. The van der Waals surface area contributed by atoms with Gasteiger partial charge >= 0.3 is 0 Å². The normalized spacial score (nSPS) is 12.9. The molecular formula is C26H32N8O2. The number of nitrogens with zero attached hydrogens (tertiary/aromatic N) is 4. The number of aromatic nitrogens is 3. The Kier molecular flexibility index (Phi) is 9.97. The number of hydrogen-bond donors (Lipinski definition) is 4. The third-order valence-electron chi connectivity index (χ3n) is 5.57. The number of carbonyl (C=O) groups is 1. The summed E-state index contributed by atoms with van der Waals surface area (Å²) in [7, 11) is 1.56. The Bertz CT molecular complexity index is 1170. The van der Waals surface area contributed by atoms with E-state index in [9.17, 15) is 4.79 Å². The number of rotatable bonds is 8. The van der Waals surface area contributed by atoms with Crippen molar-refractivity contribution >= 4 is 28.9 Å². The summed E-state index contributed by atoms with van der Waals surface area (Å²) in [6.45, 7) is 6.73. The first-order valence-corrected chi connectivity index (χ1v) is 12.0. The predicted octanol–water partition coefficient (Wildman–Crippen LogP) is 4.19. The molecule has 1 aliphatic rings. The number of methoxy groups -OCH3 is 1. The Morgan fingerprint density at radius 3 is 2.53 bits per heavy atom. The summed E-state index contributed by atoms with van der Waals surface area (Å²) in [6, 6.07) is 11.0. The maximum absolute atomic E-state index is 13.2. The lowest BCUT2D eigenvalue weighted by Gasteiger charge is -2.24. The first-order valence-electron chi connectivity index (χ1n) is 12.0. The van der Waals surface area contributed by atoms with Crippen molar-refractivity contribution in [3.05, 3.63) is 60.2 Å². The van der Waals surface area contributed by atoms with E-state index in [1.807, 2.05) is 32.0 Å². The Hall–Kier alpha value is -4.23. The molecule has 3 aromatic rings. The number of anilines is 4. The molecule has 0 unspecified atom stereocenters. The molecule has 10 heteroatoms. The van der Waals surface area contributed by atoms with Crippen LogP contribution in [0.1, 0.15) is 42.7 Å². The molecule has 0 spiro atoms. The standard InChI is InChI=1S/C24H26N8O2.C2H6/c1-34-21-5-3-2-4-19(21)31-24(33)18-14-30-22(32-23-15-27-17(11-25)13-29-23)10-20(18)28-12-16-6-8-26-9-7-16;1-2/h2-5,10,13-16,26H,6-9,12H2,1H3,(H,31,33)(H2,28,29,30,32);1-2H3. The van der Waals surface area contributed by atoms with Gasteiger partial charge in [0.15, 0.2) is 5.69 Å². The summed E-state index contributed by atoms with van der Waals surface area (Å²) in [5.74, 6) is 1.74. The minimum absolute atomic E-state index is 0.228. The van der Waals surface area contributed by atoms with E-state index in [2.05, 4.69) is 36.2 Å². The number of nitrogens with one attached hydrogen (secondary N) is 4. The maximum Gasteiger partial charge on any atom is 0.259 e. The van der Waals surface area contributed by atoms with E-state index in [1.165, 1.54) is 18.6 Å². The highest BCUT2D eigenvalue weighted by molar-refractivity contribution is 6.08. The zero-order valence-electron chi connectivity index (χ0n) is 20.8. The smallest absolute Gasteiger partial charge is 0.259 e. The van der Waals surface area contributed by atoms with Gasteiger partial charge in [-0.3, -0.25) is 4.79 Å². The molecule has 0 aliphatic carbocycles. The van der Waals surface area contributed by atoms with Crippen LogP contribution in [0.5, 0.6) is 5.75 Å². The van der Waals surface area contributed by atoms with Gasteiger partial charge in [-0.15, -0.1) is 0 Å². The molecule has 1 aliphatic heterocycles. The van der Waals surface area contributed by atoms with E-state index >= 15 is 0 Å². The van der Waals surface area contributed by atoms with Crippen LogP contribution in [0.15, 0.2) is 48.9 Å². The molecule has 1 fully saturated rings. The lowest BCUT2D eigenvalue weighted by molar-refractivity contribution is 0.102. The number of hydrogen-bond acceptors (Lipinski definition) is 9. The van der Waals surface area contributed by atoms with Gasteiger partial charge in [-0.1, -0.05) is 26.0 Å². The average Bonchev–Trinajstić information content (AvgIpc) is 2.94. The molecule has 2 aromatic heterocycles. The molecule has 0 saturated carbocycles. The molecule has 1 amide bonds. The molecule has 1 saturated heterocycles. The van der Waals surface area contributed by atoms with Gasteiger partial charge in [0.05, 0.1) is 36.4 Å². The third kappa shape index (κ3) is 7.13. The van der Waals surface area contributed by atoms with Gasteiger partial charge in [0.2, 0.25) is 0 Å². The Morgan fingerprint density at radius 2 is 1.83 bits per heavy atom. The van der Waals surface area contributed by atoms with Gasteiger partial charge in [-0.25, -0.2) is 15.0 Å². The summed E-state index contributed by atoms with van der Waals surface area (Å²) >= 11 is 0. The SMILES string of the molecule is CC.COc1ccccc1NC(=O)c1cnc(Nc2cnc(C#N)cn2)cc1NCC1CCNCC1. The number of benzene rings is 1. The van der Waals surface area contributed by atoms with Crippen LogP contribution in [0.4, 0.5) is 23.0 Å². The van der Waals surface area contributed by atoms with Crippen molar-refractivity contribution in [1.82, 2.24) is 20.3 Å². The van der Waals surface area contributed by atoms with Gasteiger partial charge in [0, 0.05) is 18.8 Å². The molecular weight excluding hydrogens is 456 g/mol. The summed E-state index contributed by atoms with van der Waals surface area (Å²) < 4.78 is 5.35. The molecule has 188 valence electrons. The topological polar surface area (TPSA) is 137 Å². The number of nitriles is 1. The summed E-state index contributed by atoms with van der Waals surface area (Å²) in [6.07, 6.45) is 6.52. The van der Waals surface area contributed by atoms with Gasteiger partial charge in [-0.05, 0) is 44.0 Å². The van der Waals surface area contributed by atoms with Crippen LogP contribution in [0.2, 0.25) is 0 Å². The summed E-state index contributed by atoms with van der Waals surface area (Å²) in [5, 5.41) is 21.7. The minimum Gasteiger partial charge on any atom is -0.495 e. The Labute approximate surface area is 211 Å². The van der Waals surface area contributed by atoms with Crippen molar-refractivity contribution in [3.8, 4) is 11.8 Å². The highest BCUT2D eigenvalue weighted by Gasteiger charge is 2.18. The second-order valence-electron chi connectivity index (χ2n) is 7.87. The first kappa shape index (κ1) is 26.4. The van der Waals surface area contributed by atoms with Crippen molar-refractivity contribution in [3.63, 3.8) is 0 Å². The summed E-state index contributed by atoms with van der Waals surface area (Å²) in [4.78, 5) is 25.7. The van der Waals surface area contributed by atoms with Crippen molar-refractivity contribution in [2.45, 2.75) is 26.7 Å². The molecule has 0 bridgehead atoms. The van der Waals surface area contributed by atoms with Crippen molar-refractivity contribution < 1.29 is 9.53 Å². The van der Waals surface area contributed by atoms with E-state index < -0.39 is 0 Å². The number of carbonyl (C=O) groups excluding carboxylic acids is 1. The predicted molar refractivity (Wildman–Crippen MR) is 141 cm³/mol. The third-order valence-corrected chi connectivity index (χ3v) is 5.57. The van der Waals surface area contributed by atoms with Crippen LogP contribution >= 0.6 is 0 Å². The zero-order valence-corrected chi connectivity index (χ0v) is 20.8. The monoisotopic (exact) mass is 488 g/mol. The Morgan fingerprint density at radius 1 is 1.08 bits per heavy atom. The highest BCUT2D eigenvalue weighted by atomic mass is 16.5. The van der Waals surface area contributed by atoms with Crippen LogP contribution in [-0.4, -0.2) is 47.6 Å². The Balaban J connectivity index is 0.00000176. The quantitative estimate of drug-likeness (QED) is 0.368. The van der Waals surface area contributed by atoms with Gasteiger partial charge in [-0.2, -0.15) is 5.26 Å². The number of amides is 1. The maximum atomic E-state index is 13.2. The fourth-order valence-electron chi connectivity index (χ4n) is 3.71. The van der Waals surface area contributed by atoms with E-state index in [0.717, 1.165) is 32.5 Å². The molecule has 3 heterocycles. The molecule has 36 heavy (non-hydrogen) atoms. The van der Waals surface area contributed by atoms with E-state index in [1.54, 1.807) is 25.3 Å². The van der Waals surface area contributed by atoms with Crippen LogP contribution in [0.25, 0.3) is 0 Å². The van der Waals surface area contributed by atoms with Gasteiger partial charge in [0.1, 0.15) is 23.5 Å². The van der Waals surface area contributed by atoms with Crippen LogP contribution < -0.4 is 26.0 Å². The van der Waals surface area contributed by atoms with Crippen molar-refractivity contribution in [2.75, 3.05) is 42.7 Å². The van der Waals surface area contributed by atoms with E-state index in [4.69, 9.17) is 10.00 Å². The summed E-state index contributed by atoms with van der Waals surface area (Å²) in [5.41, 5.74) is 1.88. The fraction of sp³-hybridized carbons (Fsp3) is 0.346. The molecule has 1 aromatic carbocycles. The second kappa shape index (κ2) is 13.6. The number of pyridine rings is 1. The fourth-order valence-corrected chi connectivity index (χ4v) is 3.71. The van der Waals surface area contributed by atoms with Gasteiger partial charge < -0.3 is 26.0 Å². The number of para-hydroxylation sites is 2. The van der Waals surface area contributed by atoms with Crippen LogP contribution in [0.3, 0.4) is 0 Å². The van der Waals surface area contributed by atoms with E-state index in [-0.39, 0.29) is 11.6 Å². The molecule has 4 N–H and O–H groups in total. The number of piperidine rings is 1. The van der Waals surface area contributed by atoms with Crippen molar-refractivity contribution in [2.24, 2.45) is 5.92 Å². The molecule has 4 rings (SSSR count). The first-order chi connectivity index (χ1) is 17.7. The largest absolute Gasteiger partial charge is 0.495 e. The molecule has 0 radical (unpaired) electrons. The number of ether oxygens (including phenoxy) is 1. The zero-order chi connectivity index (χ0) is 25.8. The highest BCUT2D eigenvalue weighted by Crippen LogP contribution is 2.27. The second-order valence-corrected chi connectivity index (χ2v) is 7.87. The lowest BCUT2D eigenvalue weighted by Crippen LogP contribution is -2.31.